The maximum absolute atomic E-state index is 5.42. The van der Waals surface area contributed by atoms with Crippen LogP contribution in [-0.4, -0.2) is 45.3 Å². The molecule has 0 atom stereocenters. The second kappa shape index (κ2) is 9.61. The van der Waals surface area contributed by atoms with E-state index in [9.17, 15) is 0 Å². The van der Waals surface area contributed by atoms with Crippen LogP contribution in [0.3, 0.4) is 0 Å². The lowest BCUT2D eigenvalue weighted by Crippen LogP contribution is -2.27. The second-order valence-corrected chi connectivity index (χ2v) is 4.71. The predicted octanol–water partition coefficient (Wildman–Crippen LogP) is 2.53. The molecule has 4 nitrogen and oxygen atoms in total. The third-order valence-corrected chi connectivity index (χ3v) is 3.52. The molecule has 0 aliphatic rings. The highest BCUT2D eigenvalue weighted by molar-refractivity contribution is 5.46. The van der Waals surface area contributed by atoms with Crippen LogP contribution in [0.5, 0.6) is 11.5 Å². The third kappa shape index (κ3) is 5.02. The van der Waals surface area contributed by atoms with Crippen LogP contribution < -0.4 is 14.8 Å². The summed E-state index contributed by atoms with van der Waals surface area (Å²) in [5, 5.41) is 3.47. The lowest BCUT2D eigenvalue weighted by atomic mass is 10.2. The molecule has 0 saturated carbocycles. The van der Waals surface area contributed by atoms with E-state index in [1.165, 1.54) is 0 Å². The topological polar surface area (TPSA) is 33.7 Å². The summed E-state index contributed by atoms with van der Waals surface area (Å²) < 4.78 is 10.7. The summed E-state index contributed by atoms with van der Waals surface area (Å²) >= 11 is 0. The molecule has 0 fully saturated rings. The average molecular weight is 280 g/mol. The van der Waals surface area contributed by atoms with E-state index in [0.717, 1.165) is 56.2 Å². The smallest absolute Gasteiger partial charge is 0.165 e. The van der Waals surface area contributed by atoms with Crippen LogP contribution in [0.1, 0.15) is 25.8 Å². The number of ether oxygens (including phenoxy) is 2. The van der Waals surface area contributed by atoms with Gasteiger partial charge in [-0.05, 0) is 38.7 Å². The molecule has 0 heterocycles. The largest absolute Gasteiger partial charge is 0.493 e. The Morgan fingerprint density at radius 2 is 1.85 bits per heavy atom. The maximum Gasteiger partial charge on any atom is 0.165 e. The Labute approximate surface area is 123 Å². The fraction of sp³-hybridized carbons (Fsp3) is 0.625. The standard InChI is InChI=1S/C16H28N2O2/c1-5-18(6-2)12-8-11-17-13-14-9-7-10-15(19-3)16(14)20-4/h7,9-10,17H,5-6,8,11-13H2,1-4H3. The molecule has 0 saturated heterocycles. The Kier molecular flexibility index (Phi) is 8.07. The van der Waals surface area contributed by atoms with E-state index in [1.54, 1.807) is 14.2 Å². The zero-order valence-electron chi connectivity index (χ0n) is 13.2. The summed E-state index contributed by atoms with van der Waals surface area (Å²) in [6, 6.07) is 5.98. The van der Waals surface area contributed by atoms with Crippen molar-refractivity contribution >= 4 is 0 Å². The van der Waals surface area contributed by atoms with Gasteiger partial charge in [0.2, 0.25) is 0 Å². The van der Waals surface area contributed by atoms with E-state index in [4.69, 9.17) is 9.47 Å². The van der Waals surface area contributed by atoms with Gasteiger partial charge in [-0.25, -0.2) is 0 Å². The Morgan fingerprint density at radius 3 is 2.45 bits per heavy atom. The molecule has 0 aliphatic carbocycles. The van der Waals surface area contributed by atoms with Gasteiger partial charge < -0.3 is 19.7 Å². The van der Waals surface area contributed by atoms with Crippen LogP contribution in [0.4, 0.5) is 0 Å². The number of para-hydroxylation sites is 1. The highest BCUT2D eigenvalue weighted by Crippen LogP contribution is 2.30. The van der Waals surface area contributed by atoms with Crippen molar-refractivity contribution in [2.45, 2.75) is 26.8 Å². The first-order valence-electron chi connectivity index (χ1n) is 7.39. The summed E-state index contributed by atoms with van der Waals surface area (Å²) in [5.41, 5.74) is 1.13. The van der Waals surface area contributed by atoms with Crippen molar-refractivity contribution in [1.29, 1.82) is 0 Å². The zero-order chi connectivity index (χ0) is 14.8. The fourth-order valence-electron chi connectivity index (χ4n) is 2.28. The predicted molar refractivity (Wildman–Crippen MR) is 83.7 cm³/mol. The van der Waals surface area contributed by atoms with E-state index in [0.29, 0.717) is 0 Å². The van der Waals surface area contributed by atoms with Crippen molar-refractivity contribution in [2.75, 3.05) is 40.4 Å². The summed E-state index contributed by atoms with van der Waals surface area (Å²) in [6.07, 6.45) is 1.16. The van der Waals surface area contributed by atoms with Crippen molar-refractivity contribution in [3.8, 4) is 11.5 Å². The van der Waals surface area contributed by atoms with Gasteiger partial charge in [0.25, 0.3) is 0 Å². The van der Waals surface area contributed by atoms with Gasteiger partial charge in [-0.15, -0.1) is 0 Å². The van der Waals surface area contributed by atoms with Gasteiger partial charge in [0.05, 0.1) is 14.2 Å². The van der Waals surface area contributed by atoms with Gasteiger partial charge in [0, 0.05) is 12.1 Å². The minimum Gasteiger partial charge on any atom is -0.493 e. The molecule has 1 aromatic carbocycles. The van der Waals surface area contributed by atoms with Crippen LogP contribution in [0, 0.1) is 0 Å². The van der Waals surface area contributed by atoms with Gasteiger partial charge in [0.15, 0.2) is 11.5 Å². The van der Waals surface area contributed by atoms with Gasteiger partial charge in [0.1, 0.15) is 0 Å². The maximum atomic E-state index is 5.42. The van der Waals surface area contributed by atoms with Crippen molar-refractivity contribution in [3.05, 3.63) is 23.8 Å². The Balaban J connectivity index is 2.39. The van der Waals surface area contributed by atoms with Crippen LogP contribution in [0.15, 0.2) is 18.2 Å². The van der Waals surface area contributed by atoms with E-state index in [2.05, 4.69) is 30.1 Å². The molecule has 0 amide bonds. The molecule has 0 unspecified atom stereocenters. The lowest BCUT2D eigenvalue weighted by Gasteiger charge is -2.18. The average Bonchev–Trinajstić information content (AvgIpc) is 2.50. The summed E-state index contributed by atoms with van der Waals surface area (Å²) in [7, 11) is 3.35. The quantitative estimate of drug-likeness (QED) is 0.668. The number of benzene rings is 1. The van der Waals surface area contributed by atoms with E-state index in [1.807, 2.05) is 12.1 Å². The van der Waals surface area contributed by atoms with Crippen molar-refractivity contribution in [3.63, 3.8) is 0 Å². The monoisotopic (exact) mass is 280 g/mol. The number of methoxy groups -OCH3 is 2. The van der Waals surface area contributed by atoms with Gasteiger partial charge in [-0.1, -0.05) is 26.0 Å². The highest BCUT2D eigenvalue weighted by atomic mass is 16.5. The molecular formula is C16H28N2O2. The Hall–Kier alpha value is -1.26. The van der Waals surface area contributed by atoms with Gasteiger partial charge in [-0.2, -0.15) is 0 Å². The lowest BCUT2D eigenvalue weighted by molar-refractivity contribution is 0.297. The first kappa shape index (κ1) is 16.8. The molecule has 0 bridgehead atoms. The summed E-state index contributed by atoms with van der Waals surface area (Å²) in [5.74, 6) is 1.61. The van der Waals surface area contributed by atoms with Crippen LogP contribution in [-0.2, 0) is 6.54 Å². The van der Waals surface area contributed by atoms with Gasteiger partial charge in [-0.3, -0.25) is 0 Å². The zero-order valence-corrected chi connectivity index (χ0v) is 13.2. The summed E-state index contributed by atoms with van der Waals surface area (Å²) in [6.45, 7) is 9.63. The number of nitrogens with one attached hydrogen (secondary N) is 1. The van der Waals surface area contributed by atoms with Crippen LogP contribution in [0.25, 0.3) is 0 Å². The summed E-state index contributed by atoms with van der Waals surface area (Å²) in [4.78, 5) is 2.44. The number of nitrogens with zero attached hydrogens (tertiary/aromatic N) is 1. The number of rotatable bonds is 10. The molecule has 0 radical (unpaired) electrons. The first-order valence-corrected chi connectivity index (χ1v) is 7.39. The van der Waals surface area contributed by atoms with Gasteiger partial charge >= 0.3 is 0 Å². The first-order chi connectivity index (χ1) is 9.76. The van der Waals surface area contributed by atoms with Crippen molar-refractivity contribution in [2.24, 2.45) is 0 Å². The molecule has 1 rings (SSSR count). The molecule has 20 heavy (non-hydrogen) atoms. The SMILES string of the molecule is CCN(CC)CCCNCc1cccc(OC)c1OC. The van der Waals surface area contributed by atoms with Crippen LogP contribution in [0.2, 0.25) is 0 Å². The molecule has 4 heteroatoms. The van der Waals surface area contributed by atoms with Crippen molar-refractivity contribution in [1.82, 2.24) is 10.2 Å². The molecule has 0 spiro atoms. The van der Waals surface area contributed by atoms with E-state index < -0.39 is 0 Å². The molecule has 114 valence electrons. The second-order valence-electron chi connectivity index (χ2n) is 4.71. The Morgan fingerprint density at radius 1 is 1.10 bits per heavy atom. The number of hydrogen-bond acceptors (Lipinski definition) is 4. The number of hydrogen-bond donors (Lipinski definition) is 1. The Bertz CT molecular complexity index is 379. The van der Waals surface area contributed by atoms with E-state index in [-0.39, 0.29) is 0 Å². The highest BCUT2D eigenvalue weighted by Gasteiger charge is 2.08. The molecule has 0 aromatic heterocycles. The third-order valence-electron chi connectivity index (χ3n) is 3.52. The molecule has 0 aliphatic heterocycles. The van der Waals surface area contributed by atoms with Crippen molar-refractivity contribution < 1.29 is 9.47 Å². The molecular weight excluding hydrogens is 252 g/mol. The fourth-order valence-corrected chi connectivity index (χ4v) is 2.28. The molecule has 1 N–H and O–H groups in total. The van der Waals surface area contributed by atoms with E-state index >= 15 is 0 Å². The minimum atomic E-state index is 0.787. The normalized spacial score (nSPS) is 10.8. The molecule has 1 aromatic rings. The minimum absolute atomic E-state index is 0.787. The van der Waals surface area contributed by atoms with Crippen LogP contribution >= 0.6 is 0 Å².